The Morgan fingerprint density at radius 3 is 2.70 bits per heavy atom. The van der Waals surface area contributed by atoms with Crippen molar-refractivity contribution in [2.45, 2.75) is 53.4 Å². The molecule has 1 aromatic rings. The number of esters is 1. The van der Waals surface area contributed by atoms with Crippen molar-refractivity contribution in [2.24, 2.45) is 35.0 Å². The van der Waals surface area contributed by atoms with Gasteiger partial charge in [-0.15, -0.1) is 0 Å². The Morgan fingerprint density at radius 2 is 2.00 bits per heavy atom. The quantitative estimate of drug-likeness (QED) is 0.214. The Kier molecular flexibility index (Phi) is 8.38. The van der Waals surface area contributed by atoms with Crippen LogP contribution in [0.1, 0.15) is 63.7 Å². The molecular formula is C32H37ClO4. The van der Waals surface area contributed by atoms with Gasteiger partial charge < -0.3 is 4.74 Å². The molecule has 0 saturated heterocycles. The summed E-state index contributed by atoms with van der Waals surface area (Å²) < 4.78 is 5.42. The van der Waals surface area contributed by atoms with Crippen molar-refractivity contribution >= 4 is 29.6 Å². The molecule has 3 aliphatic rings. The van der Waals surface area contributed by atoms with Gasteiger partial charge in [-0.2, -0.15) is 0 Å². The second-order valence-electron chi connectivity index (χ2n) is 11.4. The molecule has 196 valence electrons. The Balaban J connectivity index is 1.40. The summed E-state index contributed by atoms with van der Waals surface area (Å²) in [6.45, 7) is 8.89. The number of ether oxygens (including phenoxy) is 1. The molecule has 6 atom stereocenters. The number of rotatable bonds is 7. The molecule has 4 rings (SSSR count). The van der Waals surface area contributed by atoms with Crippen LogP contribution in [0.2, 0.25) is 5.02 Å². The minimum absolute atomic E-state index is 0.0924. The number of hydrogen-bond acceptors (Lipinski definition) is 4. The molecule has 4 nitrogen and oxygen atoms in total. The molecule has 0 amide bonds. The largest absolute Gasteiger partial charge is 0.458 e. The van der Waals surface area contributed by atoms with Crippen LogP contribution in [0.5, 0.6) is 0 Å². The zero-order valence-electron chi connectivity index (χ0n) is 22.2. The average molecular weight is 521 g/mol. The first-order valence-electron chi connectivity index (χ1n) is 13.3. The van der Waals surface area contributed by atoms with Crippen LogP contribution in [0, 0.1) is 35.0 Å². The van der Waals surface area contributed by atoms with Crippen LogP contribution < -0.4 is 0 Å². The molecule has 0 heterocycles. The van der Waals surface area contributed by atoms with Crippen molar-refractivity contribution in [1.82, 2.24) is 0 Å². The fraction of sp³-hybridized carbons (Fsp3) is 0.469. The normalized spacial score (nSPS) is 32.0. The summed E-state index contributed by atoms with van der Waals surface area (Å²) >= 11 is 5.88. The Hall–Kier alpha value is -2.72. The van der Waals surface area contributed by atoms with Gasteiger partial charge in [0.15, 0.2) is 5.78 Å². The fourth-order valence-corrected chi connectivity index (χ4v) is 6.87. The molecule has 0 aliphatic heterocycles. The third-order valence-electron chi connectivity index (χ3n) is 8.90. The number of allylic oxidation sites excluding steroid dienone is 7. The molecule has 1 aromatic carbocycles. The number of carbonyl (C=O) groups is 3. The summed E-state index contributed by atoms with van der Waals surface area (Å²) in [7, 11) is 0. The zero-order valence-corrected chi connectivity index (χ0v) is 23.0. The molecular weight excluding hydrogens is 484 g/mol. The maximum Gasteiger partial charge on any atom is 0.338 e. The number of carbonyl (C=O) groups excluding carboxylic acids is 3. The lowest BCUT2D eigenvalue weighted by Gasteiger charge is -2.40. The molecule has 1 fully saturated rings. The van der Waals surface area contributed by atoms with Crippen molar-refractivity contribution in [3.8, 4) is 0 Å². The molecule has 3 aliphatic carbocycles. The maximum atomic E-state index is 12.6. The Bertz CT molecular complexity index is 1170. The number of aldehydes is 1. The van der Waals surface area contributed by atoms with E-state index >= 15 is 0 Å². The van der Waals surface area contributed by atoms with E-state index < -0.39 is 0 Å². The zero-order chi connectivity index (χ0) is 26.7. The van der Waals surface area contributed by atoms with Gasteiger partial charge in [-0.25, -0.2) is 4.79 Å². The Labute approximate surface area is 225 Å². The van der Waals surface area contributed by atoms with Crippen molar-refractivity contribution in [2.75, 3.05) is 6.61 Å². The number of hydrogen-bond donors (Lipinski definition) is 0. The van der Waals surface area contributed by atoms with Crippen molar-refractivity contribution in [1.29, 1.82) is 0 Å². The highest BCUT2D eigenvalue weighted by molar-refractivity contribution is 6.30. The second kappa shape index (κ2) is 11.3. The van der Waals surface area contributed by atoms with Gasteiger partial charge in [0.25, 0.3) is 0 Å². The highest BCUT2D eigenvalue weighted by Crippen LogP contribution is 2.58. The van der Waals surface area contributed by atoms with E-state index in [0.29, 0.717) is 33.9 Å². The van der Waals surface area contributed by atoms with Gasteiger partial charge in [0.1, 0.15) is 12.9 Å². The minimum Gasteiger partial charge on any atom is -0.458 e. The fourth-order valence-electron chi connectivity index (χ4n) is 6.75. The number of halogens is 1. The summed E-state index contributed by atoms with van der Waals surface area (Å²) in [6, 6.07) is 6.67. The molecule has 1 saturated carbocycles. The second-order valence-corrected chi connectivity index (χ2v) is 11.9. The van der Waals surface area contributed by atoms with Gasteiger partial charge in [-0.05, 0) is 110 Å². The number of benzene rings is 1. The van der Waals surface area contributed by atoms with E-state index in [1.807, 2.05) is 19.9 Å². The number of fused-ring (bicyclic) bond motifs is 2. The molecule has 0 aromatic heterocycles. The van der Waals surface area contributed by atoms with E-state index in [4.69, 9.17) is 16.3 Å². The van der Waals surface area contributed by atoms with Crippen LogP contribution in [0.4, 0.5) is 0 Å². The van der Waals surface area contributed by atoms with Crippen LogP contribution in [-0.4, -0.2) is 24.6 Å². The predicted molar refractivity (Wildman–Crippen MR) is 147 cm³/mol. The van der Waals surface area contributed by atoms with E-state index in [-0.39, 0.29) is 35.6 Å². The van der Waals surface area contributed by atoms with E-state index in [2.05, 4.69) is 32.1 Å². The van der Waals surface area contributed by atoms with Crippen molar-refractivity contribution in [3.63, 3.8) is 0 Å². The lowest BCUT2D eigenvalue weighted by molar-refractivity contribution is -0.119. The summed E-state index contributed by atoms with van der Waals surface area (Å²) in [5.41, 5.74) is 3.40. The van der Waals surface area contributed by atoms with Gasteiger partial charge in [0.2, 0.25) is 0 Å². The van der Waals surface area contributed by atoms with E-state index in [0.717, 1.165) is 43.1 Å². The van der Waals surface area contributed by atoms with Crippen LogP contribution >= 0.6 is 11.6 Å². The van der Waals surface area contributed by atoms with E-state index in [1.165, 1.54) is 0 Å². The first-order chi connectivity index (χ1) is 17.6. The third kappa shape index (κ3) is 5.90. The average Bonchev–Trinajstić information content (AvgIpc) is 3.32. The molecule has 0 unspecified atom stereocenters. The van der Waals surface area contributed by atoms with Crippen molar-refractivity contribution < 1.29 is 19.1 Å². The SMILES string of the molecule is CC1=CC(=O)[C@H]2/C(C=O)=C\C[C@H]3[C@@H]([C@@H](C)/C=C\C=C(\C)COC(=O)c4ccc(Cl)cc4)CC[C@]3(C)C[C@H]12. The van der Waals surface area contributed by atoms with Gasteiger partial charge in [-0.1, -0.05) is 55.3 Å². The smallest absolute Gasteiger partial charge is 0.338 e. The standard InChI is InChI=1S/C32H37ClO4/c1-20(19-37-31(36)23-8-11-25(33)12-9-23)6-5-7-21(2)26-14-15-32(4)17-27-22(3)16-29(35)30(27)24(18-34)10-13-28(26)32/h5-12,16,18,21,26-28,30H,13-15,17,19H2,1-4H3/b7-5-,20-6-,24-10-/t21-,26+,27+,28-,30-,32+/m0/s1. The lowest BCUT2D eigenvalue weighted by Crippen LogP contribution is -2.34. The van der Waals surface area contributed by atoms with Crippen LogP contribution in [0.15, 0.2) is 71.4 Å². The lowest BCUT2D eigenvalue weighted by atomic mass is 9.63. The molecule has 0 N–H and O–H groups in total. The molecule has 5 heteroatoms. The van der Waals surface area contributed by atoms with Crippen LogP contribution in [0.3, 0.4) is 0 Å². The van der Waals surface area contributed by atoms with Gasteiger partial charge in [0, 0.05) is 5.02 Å². The third-order valence-corrected chi connectivity index (χ3v) is 9.15. The predicted octanol–water partition coefficient (Wildman–Crippen LogP) is 7.35. The van der Waals surface area contributed by atoms with E-state index in [1.54, 1.807) is 30.3 Å². The van der Waals surface area contributed by atoms with Crippen LogP contribution in [0.25, 0.3) is 0 Å². The van der Waals surface area contributed by atoms with Gasteiger partial charge in [-0.3, -0.25) is 9.59 Å². The highest BCUT2D eigenvalue weighted by Gasteiger charge is 2.50. The first-order valence-corrected chi connectivity index (χ1v) is 13.6. The van der Waals surface area contributed by atoms with Crippen molar-refractivity contribution in [3.05, 3.63) is 82.0 Å². The molecule has 0 bridgehead atoms. The molecule has 0 radical (unpaired) electrons. The number of ketones is 1. The first kappa shape index (κ1) is 27.3. The maximum absolute atomic E-state index is 12.6. The topological polar surface area (TPSA) is 60.4 Å². The summed E-state index contributed by atoms with van der Waals surface area (Å²) in [5, 5.41) is 0.582. The monoisotopic (exact) mass is 520 g/mol. The molecule has 37 heavy (non-hydrogen) atoms. The minimum atomic E-state index is -0.365. The van der Waals surface area contributed by atoms with E-state index in [9.17, 15) is 14.4 Å². The summed E-state index contributed by atoms with van der Waals surface area (Å²) in [5.74, 6) is 0.940. The molecule has 0 spiro atoms. The van der Waals surface area contributed by atoms with Gasteiger partial charge in [0.05, 0.1) is 11.5 Å². The highest BCUT2D eigenvalue weighted by atomic mass is 35.5. The summed E-state index contributed by atoms with van der Waals surface area (Å²) in [4.78, 5) is 36.8. The van der Waals surface area contributed by atoms with Gasteiger partial charge >= 0.3 is 5.97 Å². The Morgan fingerprint density at radius 1 is 1.27 bits per heavy atom. The summed E-state index contributed by atoms with van der Waals surface area (Å²) in [6.07, 6.45) is 15.1. The van der Waals surface area contributed by atoms with Crippen LogP contribution in [-0.2, 0) is 14.3 Å².